The smallest absolute Gasteiger partial charge is 0.150 e. The van der Waals surface area contributed by atoms with Crippen molar-refractivity contribution in [2.45, 2.75) is 19.3 Å². The summed E-state index contributed by atoms with van der Waals surface area (Å²) in [6, 6.07) is 15.7. The molecule has 0 amide bonds. The van der Waals surface area contributed by atoms with E-state index in [4.69, 9.17) is 4.74 Å². The molecule has 0 spiro atoms. The summed E-state index contributed by atoms with van der Waals surface area (Å²) in [6.07, 6.45) is 4.85. The van der Waals surface area contributed by atoms with Crippen LogP contribution in [0.3, 0.4) is 0 Å². The number of benzene rings is 2. The molecule has 23 heavy (non-hydrogen) atoms. The van der Waals surface area contributed by atoms with Crippen LogP contribution in [0.25, 0.3) is 11.1 Å². The molecule has 2 aromatic rings. The number of carbonyl (C=O) groups is 1. The van der Waals surface area contributed by atoms with Gasteiger partial charge in [-0.05, 0) is 55.3 Å². The molecular weight excluding hydrogens is 286 g/mol. The molecular formula is C20H23NO2. The Morgan fingerprint density at radius 3 is 2.48 bits per heavy atom. The number of nitrogens with zero attached hydrogens (tertiary/aromatic N) is 1. The Balaban J connectivity index is 1.61. The number of hydrogen-bond donors (Lipinski definition) is 0. The molecule has 0 N–H and O–H groups in total. The third kappa shape index (κ3) is 4.42. The zero-order valence-corrected chi connectivity index (χ0v) is 13.4. The second-order valence-corrected chi connectivity index (χ2v) is 6.02. The standard InChI is InChI=1S/C20H23NO2/c22-16-17-6-4-7-18(14-17)19-8-5-9-20(15-19)23-13-12-21-10-2-1-3-11-21/h4-9,14-16H,1-3,10-13H2. The molecule has 0 aliphatic carbocycles. The fourth-order valence-electron chi connectivity index (χ4n) is 3.03. The van der Waals surface area contributed by atoms with Crippen LogP contribution >= 0.6 is 0 Å². The van der Waals surface area contributed by atoms with E-state index in [2.05, 4.69) is 4.90 Å². The molecule has 3 nitrogen and oxygen atoms in total. The summed E-state index contributed by atoms with van der Waals surface area (Å²) in [5.74, 6) is 0.885. The molecule has 120 valence electrons. The minimum Gasteiger partial charge on any atom is -0.492 e. The zero-order valence-electron chi connectivity index (χ0n) is 13.4. The first-order valence-corrected chi connectivity index (χ1v) is 8.36. The monoisotopic (exact) mass is 309 g/mol. The summed E-state index contributed by atoms with van der Waals surface area (Å²) < 4.78 is 5.92. The Labute approximate surface area is 137 Å². The van der Waals surface area contributed by atoms with Crippen molar-refractivity contribution in [2.75, 3.05) is 26.2 Å². The minimum atomic E-state index is 0.693. The highest BCUT2D eigenvalue weighted by Gasteiger charge is 2.09. The summed E-state index contributed by atoms with van der Waals surface area (Å²) in [7, 11) is 0. The maximum absolute atomic E-state index is 10.9. The first-order chi connectivity index (χ1) is 11.3. The van der Waals surface area contributed by atoms with E-state index in [9.17, 15) is 4.79 Å². The maximum atomic E-state index is 10.9. The van der Waals surface area contributed by atoms with E-state index in [1.54, 1.807) is 0 Å². The highest BCUT2D eigenvalue weighted by molar-refractivity contribution is 5.79. The molecule has 0 unspecified atom stereocenters. The van der Waals surface area contributed by atoms with Gasteiger partial charge in [-0.3, -0.25) is 9.69 Å². The van der Waals surface area contributed by atoms with Gasteiger partial charge >= 0.3 is 0 Å². The van der Waals surface area contributed by atoms with E-state index in [0.717, 1.165) is 36.3 Å². The van der Waals surface area contributed by atoms with Gasteiger partial charge in [0.05, 0.1) is 0 Å². The predicted octanol–water partition coefficient (Wildman–Crippen LogP) is 4.03. The Morgan fingerprint density at radius 1 is 0.957 bits per heavy atom. The van der Waals surface area contributed by atoms with Crippen molar-refractivity contribution in [1.29, 1.82) is 0 Å². The average molecular weight is 309 g/mol. The summed E-state index contributed by atoms with van der Waals surface area (Å²) in [5, 5.41) is 0. The van der Waals surface area contributed by atoms with Crippen molar-refractivity contribution in [1.82, 2.24) is 4.90 Å². The van der Waals surface area contributed by atoms with E-state index < -0.39 is 0 Å². The van der Waals surface area contributed by atoms with Crippen LogP contribution in [0.4, 0.5) is 0 Å². The Kier molecular flexibility index (Phi) is 5.43. The molecule has 1 aliphatic heterocycles. The van der Waals surface area contributed by atoms with Gasteiger partial charge in [0.15, 0.2) is 0 Å². The van der Waals surface area contributed by atoms with Crippen LogP contribution in [-0.4, -0.2) is 37.4 Å². The van der Waals surface area contributed by atoms with Crippen LogP contribution < -0.4 is 4.74 Å². The van der Waals surface area contributed by atoms with Crippen molar-refractivity contribution >= 4 is 6.29 Å². The van der Waals surface area contributed by atoms with Crippen LogP contribution in [-0.2, 0) is 0 Å². The number of aldehydes is 1. The van der Waals surface area contributed by atoms with Crippen molar-refractivity contribution < 1.29 is 9.53 Å². The van der Waals surface area contributed by atoms with Gasteiger partial charge < -0.3 is 4.74 Å². The number of rotatable bonds is 6. The predicted molar refractivity (Wildman–Crippen MR) is 93.1 cm³/mol. The first kappa shape index (κ1) is 15.8. The molecule has 3 rings (SSSR count). The lowest BCUT2D eigenvalue weighted by Crippen LogP contribution is -2.33. The highest BCUT2D eigenvalue weighted by Crippen LogP contribution is 2.24. The van der Waals surface area contributed by atoms with Crippen molar-refractivity contribution in [3.05, 3.63) is 54.1 Å². The van der Waals surface area contributed by atoms with Crippen LogP contribution in [0.1, 0.15) is 29.6 Å². The minimum absolute atomic E-state index is 0.693. The van der Waals surface area contributed by atoms with Gasteiger partial charge in [-0.1, -0.05) is 36.8 Å². The lowest BCUT2D eigenvalue weighted by Gasteiger charge is -2.26. The molecule has 0 aromatic heterocycles. The lowest BCUT2D eigenvalue weighted by atomic mass is 10.0. The highest BCUT2D eigenvalue weighted by atomic mass is 16.5. The molecule has 1 aliphatic rings. The molecule has 3 heteroatoms. The molecule has 0 bridgehead atoms. The molecule has 1 saturated heterocycles. The van der Waals surface area contributed by atoms with Crippen LogP contribution in [0, 0.1) is 0 Å². The van der Waals surface area contributed by atoms with E-state index in [1.165, 1.54) is 32.4 Å². The largest absolute Gasteiger partial charge is 0.492 e. The Hall–Kier alpha value is -2.13. The van der Waals surface area contributed by atoms with Crippen molar-refractivity contribution in [3.8, 4) is 16.9 Å². The second kappa shape index (κ2) is 7.93. The maximum Gasteiger partial charge on any atom is 0.150 e. The van der Waals surface area contributed by atoms with Crippen molar-refractivity contribution in [2.24, 2.45) is 0 Å². The zero-order chi connectivity index (χ0) is 15.9. The van der Waals surface area contributed by atoms with Crippen molar-refractivity contribution in [3.63, 3.8) is 0 Å². The van der Waals surface area contributed by atoms with Gasteiger partial charge in [0, 0.05) is 12.1 Å². The molecule has 0 atom stereocenters. The third-order valence-corrected chi connectivity index (χ3v) is 4.32. The third-order valence-electron chi connectivity index (χ3n) is 4.32. The fraction of sp³-hybridized carbons (Fsp3) is 0.350. The van der Waals surface area contributed by atoms with E-state index in [0.29, 0.717) is 5.56 Å². The molecule has 0 radical (unpaired) electrons. The second-order valence-electron chi connectivity index (χ2n) is 6.02. The van der Waals surface area contributed by atoms with Gasteiger partial charge in [0.2, 0.25) is 0 Å². The number of likely N-dealkylation sites (tertiary alicyclic amines) is 1. The molecule has 0 saturated carbocycles. The summed E-state index contributed by atoms with van der Waals surface area (Å²) in [6.45, 7) is 4.10. The van der Waals surface area contributed by atoms with Crippen LogP contribution in [0.5, 0.6) is 5.75 Å². The van der Waals surface area contributed by atoms with Gasteiger partial charge in [0.25, 0.3) is 0 Å². The van der Waals surface area contributed by atoms with Gasteiger partial charge in [-0.25, -0.2) is 0 Å². The topological polar surface area (TPSA) is 29.5 Å². The van der Waals surface area contributed by atoms with Gasteiger partial charge in [-0.15, -0.1) is 0 Å². The number of hydrogen-bond acceptors (Lipinski definition) is 3. The summed E-state index contributed by atoms with van der Waals surface area (Å²) in [4.78, 5) is 13.4. The van der Waals surface area contributed by atoms with Gasteiger partial charge in [-0.2, -0.15) is 0 Å². The van der Waals surface area contributed by atoms with E-state index in [1.807, 2.05) is 48.5 Å². The van der Waals surface area contributed by atoms with Gasteiger partial charge in [0.1, 0.15) is 18.6 Å². The van der Waals surface area contributed by atoms with E-state index in [-0.39, 0.29) is 0 Å². The normalized spacial score (nSPS) is 15.3. The van der Waals surface area contributed by atoms with Crippen LogP contribution in [0.15, 0.2) is 48.5 Å². The number of piperidine rings is 1. The quantitative estimate of drug-likeness (QED) is 0.755. The molecule has 1 fully saturated rings. The Morgan fingerprint density at radius 2 is 1.70 bits per heavy atom. The average Bonchev–Trinajstić information content (AvgIpc) is 2.63. The van der Waals surface area contributed by atoms with Crippen LogP contribution in [0.2, 0.25) is 0 Å². The summed E-state index contributed by atoms with van der Waals surface area (Å²) >= 11 is 0. The molecule has 1 heterocycles. The number of carbonyl (C=O) groups excluding carboxylic acids is 1. The van der Waals surface area contributed by atoms with E-state index >= 15 is 0 Å². The first-order valence-electron chi connectivity index (χ1n) is 8.36. The Bertz CT molecular complexity index is 648. The lowest BCUT2D eigenvalue weighted by molar-refractivity contribution is 0.112. The fourth-order valence-corrected chi connectivity index (χ4v) is 3.03. The molecule has 2 aromatic carbocycles. The number of ether oxygens (including phenoxy) is 1. The summed E-state index contributed by atoms with van der Waals surface area (Å²) in [5.41, 5.74) is 2.80. The SMILES string of the molecule is O=Cc1cccc(-c2cccc(OCCN3CCCCC3)c2)c1.